The van der Waals surface area contributed by atoms with Crippen LogP contribution in [0.2, 0.25) is 0 Å². The number of hydrogen-bond donors (Lipinski definition) is 1. The van der Waals surface area contributed by atoms with Crippen LogP contribution in [-0.2, 0) is 9.53 Å². The van der Waals surface area contributed by atoms with Crippen LogP contribution in [-0.4, -0.2) is 59.3 Å². The zero-order valence-corrected chi connectivity index (χ0v) is 12.7. The topological polar surface area (TPSA) is 46.5 Å². The van der Waals surface area contributed by atoms with Gasteiger partial charge in [0.15, 0.2) is 0 Å². The number of alkyl halides is 10. The molecular formula is C13H12F10O3. The second-order valence-corrected chi connectivity index (χ2v) is 5.80. The summed E-state index contributed by atoms with van der Waals surface area (Å²) >= 11 is 0. The van der Waals surface area contributed by atoms with E-state index >= 15 is 0 Å². The summed E-state index contributed by atoms with van der Waals surface area (Å²) in [5.74, 6) is -24.9. The third-order valence-electron chi connectivity index (χ3n) is 3.93. The highest BCUT2D eigenvalue weighted by Gasteiger charge is 2.86. The maximum atomic E-state index is 14.5. The van der Waals surface area contributed by atoms with Gasteiger partial charge < -0.3 is 9.84 Å². The zero-order chi connectivity index (χ0) is 20.8. The molecule has 0 spiro atoms. The van der Waals surface area contributed by atoms with Gasteiger partial charge in [0.2, 0.25) is 5.67 Å². The Bertz CT molecular complexity index is 583. The van der Waals surface area contributed by atoms with Crippen LogP contribution in [0.25, 0.3) is 0 Å². The number of carbonyl (C=O) groups is 1. The quantitative estimate of drug-likeness (QED) is 0.442. The first-order valence-corrected chi connectivity index (χ1v) is 6.70. The minimum atomic E-state index is -6.48. The zero-order valence-electron chi connectivity index (χ0n) is 12.7. The summed E-state index contributed by atoms with van der Waals surface area (Å²) in [6, 6.07) is 0. The molecule has 1 rings (SSSR count). The summed E-state index contributed by atoms with van der Waals surface area (Å²) in [5, 5.41) is 9.04. The standard InChI is InChI=1S/C13H12F10O3/c1-2-7(24)26-9(17)3-8(16,5-14)12(20,21)10(18,6-15)13(22,23)11(19,25)4-9/h2,25H,1,3-6H2. The lowest BCUT2D eigenvalue weighted by Crippen LogP contribution is -2.75. The Hall–Kier alpha value is -1.53. The molecule has 0 heterocycles. The molecular weight excluding hydrogens is 394 g/mol. The molecule has 0 bridgehead atoms. The Morgan fingerprint density at radius 2 is 1.46 bits per heavy atom. The van der Waals surface area contributed by atoms with Crippen LogP contribution in [0.1, 0.15) is 12.8 Å². The van der Waals surface area contributed by atoms with Gasteiger partial charge in [0.1, 0.15) is 13.3 Å². The van der Waals surface area contributed by atoms with E-state index in [1.54, 1.807) is 0 Å². The monoisotopic (exact) mass is 406 g/mol. The van der Waals surface area contributed by atoms with Gasteiger partial charge in [-0.2, -0.15) is 22.0 Å². The second kappa shape index (κ2) is 6.27. The number of rotatable bonds is 4. The maximum absolute atomic E-state index is 14.5. The Balaban J connectivity index is 3.73. The second-order valence-electron chi connectivity index (χ2n) is 5.80. The molecule has 0 amide bonds. The fourth-order valence-corrected chi connectivity index (χ4v) is 2.50. The summed E-state index contributed by atoms with van der Waals surface area (Å²) in [4.78, 5) is 11.0. The minimum Gasteiger partial charge on any atom is -0.425 e. The average Bonchev–Trinajstić information content (AvgIpc) is 2.51. The molecule has 1 saturated carbocycles. The summed E-state index contributed by atoms with van der Waals surface area (Å²) in [6.45, 7) is -3.79. The van der Waals surface area contributed by atoms with Crippen molar-refractivity contribution in [3.05, 3.63) is 12.7 Å². The molecule has 13 heteroatoms. The molecule has 0 aliphatic heterocycles. The fourth-order valence-electron chi connectivity index (χ4n) is 2.50. The van der Waals surface area contributed by atoms with Crippen molar-refractivity contribution in [2.75, 3.05) is 13.3 Å². The molecule has 0 aromatic rings. The summed E-state index contributed by atoms with van der Waals surface area (Å²) < 4.78 is 142. The van der Waals surface area contributed by atoms with E-state index in [4.69, 9.17) is 5.11 Å². The summed E-state index contributed by atoms with van der Waals surface area (Å²) in [6.07, 6.45) is -5.42. The Labute approximate surface area is 139 Å². The van der Waals surface area contributed by atoms with Crippen LogP contribution < -0.4 is 0 Å². The van der Waals surface area contributed by atoms with Crippen molar-refractivity contribution >= 4 is 5.97 Å². The highest BCUT2D eigenvalue weighted by Crippen LogP contribution is 2.60. The van der Waals surface area contributed by atoms with Crippen molar-refractivity contribution in [1.29, 1.82) is 0 Å². The first-order valence-electron chi connectivity index (χ1n) is 6.70. The lowest BCUT2D eigenvalue weighted by molar-refractivity contribution is -0.394. The van der Waals surface area contributed by atoms with Crippen LogP contribution in [0, 0.1) is 0 Å². The molecule has 1 N–H and O–H groups in total. The smallest absolute Gasteiger partial charge is 0.347 e. The fraction of sp³-hybridized carbons (Fsp3) is 0.769. The van der Waals surface area contributed by atoms with E-state index in [1.807, 2.05) is 0 Å². The Morgan fingerprint density at radius 3 is 1.85 bits per heavy atom. The molecule has 0 radical (unpaired) electrons. The molecule has 152 valence electrons. The van der Waals surface area contributed by atoms with Gasteiger partial charge in [-0.3, -0.25) is 0 Å². The van der Waals surface area contributed by atoms with Crippen LogP contribution in [0.5, 0.6) is 0 Å². The Morgan fingerprint density at radius 1 is 0.962 bits per heavy atom. The van der Waals surface area contributed by atoms with E-state index in [1.165, 1.54) is 0 Å². The van der Waals surface area contributed by atoms with Gasteiger partial charge in [-0.15, -0.1) is 0 Å². The lowest BCUT2D eigenvalue weighted by atomic mass is 9.72. The molecule has 0 saturated heterocycles. The maximum Gasteiger partial charge on any atom is 0.347 e. The normalized spacial score (nSPS) is 42.4. The third-order valence-corrected chi connectivity index (χ3v) is 3.93. The van der Waals surface area contributed by atoms with Crippen molar-refractivity contribution in [3.8, 4) is 0 Å². The minimum absolute atomic E-state index is 0.129. The van der Waals surface area contributed by atoms with Gasteiger partial charge in [-0.25, -0.2) is 26.7 Å². The van der Waals surface area contributed by atoms with Crippen molar-refractivity contribution in [3.63, 3.8) is 0 Å². The van der Waals surface area contributed by atoms with E-state index in [-0.39, 0.29) is 6.08 Å². The van der Waals surface area contributed by atoms with Gasteiger partial charge in [-0.1, -0.05) is 6.58 Å². The summed E-state index contributed by atoms with van der Waals surface area (Å²) in [7, 11) is 0. The third kappa shape index (κ3) is 2.93. The van der Waals surface area contributed by atoms with E-state index < -0.39 is 67.1 Å². The first kappa shape index (κ1) is 22.5. The number of esters is 1. The predicted octanol–water partition coefficient (Wildman–Crippen LogP) is 3.46. The largest absolute Gasteiger partial charge is 0.425 e. The van der Waals surface area contributed by atoms with Crippen molar-refractivity contribution in [1.82, 2.24) is 0 Å². The van der Waals surface area contributed by atoms with Gasteiger partial charge in [0, 0.05) is 6.08 Å². The SMILES string of the molecule is C=CC(=O)OC1(F)CC(O)(F)C(F)(F)C(F)(CF)C(F)(F)C(F)(CF)C1. The number of carbonyl (C=O) groups excluding carboxylic acids is 1. The van der Waals surface area contributed by atoms with E-state index in [2.05, 4.69) is 11.3 Å². The van der Waals surface area contributed by atoms with Crippen molar-refractivity contribution in [2.45, 2.75) is 47.7 Å². The van der Waals surface area contributed by atoms with Crippen molar-refractivity contribution in [2.24, 2.45) is 0 Å². The van der Waals surface area contributed by atoms with E-state index in [0.717, 1.165) is 0 Å². The number of halogens is 10. The van der Waals surface area contributed by atoms with Gasteiger partial charge >= 0.3 is 17.8 Å². The van der Waals surface area contributed by atoms with Crippen LogP contribution in [0.4, 0.5) is 43.9 Å². The van der Waals surface area contributed by atoms with E-state index in [0.29, 0.717) is 0 Å². The molecule has 4 atom stereocenters. The highest BCUT2D eigenvalue weighted by atomic mass is 19.3. The molecule has 0 aromatic heterocycles. The number of hydrogen-bond acceptors (Lipinski definition) is 3. The molecule has 1 fully saturated rings. The van der Waals surface area contributed by atoms with Crippen LogP contribution in [0.3, 0.4) is 0 Å². The highest BCUT2D eigenvalue weighted by molar-refractivity contribution is 5.81. The molecule has 26 heavy (non-hydrogen) atoms. The Kier molecular flexibility index (Phi) is 5.43. The molecule has 1 aliphatic rings. The van der Waals surface area contributed by atoms with Crippen molar-refractivity contribution < 1.29 is 58.5 Å². The van der Waals surface area contributed by atoms with Gasteiger partial charge in [0.25, 0.3) is 17.4 Å². The van der Waals surface area contributed by atoms with Crippen LogP contribution >= 0.6 is 0 Å². The first-order chi connectivity index (χ1) is 11.5. The van der Waals surface area contributed by atoms with Gasteiger partial charge in [-0.05, 0) is 0 Å². The molecule has 0 aromatic carbocycles. The molecule has 4 unspecified atom stereocenters. The number of ether oxygens (including phenoxy) is 1. The average molecular weight is 406 g/mol. The molecule has 1 aliphatic carbocycles. The van der Waals surface area contributed by atoms with Gasteiger partial charge in [0.05, 0.1) is 12.8 Å². The van der Waals surface area contributed by atoms with E-state index in [9.17, 15) is 48.7 Å². The number of aliphatic hydroxyl groups is 1. The predicted molar refractivity (Wildman–Crippen MR) is 64.9 cm³/mol. The van der Waals surface area contributed by atoms with Crippen LogP contribution in [0.15, 0.2) is 12.7 Å². The lowest BCUT2D eigenvalue weighted by Gasteiger charge is -2.49. The molecule has 3 nitrogen and oxygen atoms in total. The summed E-state index contributed by atoms with van der Waals surface area (Å²) in [5.41, 5.74) is -11.3.